The number of benzene rings is 1. The lowest BCUT2D eigenvalue weighted by molar-refractivity contribution is 0.569. The third-order valence-electron chi connectivity index (χ3n) is 2.74. The summed E-state index contributed by atoms with van der Waals surface area (Å²) in [6.07, 6.45) is 3.19. The van der Waals surface area contributed by atoms with Crippen molar-refractivity contribution >= 4 is 15.9 Å². The summed E-state index contributed by atoms with van der Waals surface area (Å²) >= 11 is 3.48. The predicted octanol–water partition coefficient (Wildman–Crippen LogP) is 2.66. The van der Waals surface area contributed by atoms with E-state index in [-0.39, 0.29) is 6.04 Å². The Labute approximate surface area is 91.9 Å². The van der Waals surface area contributed by atoms with E-state index in [9.17, 15) is 0 Å². The maximum absolute atomic E-state index is 8.87. The summed E-state index contributed by atoms with van der Waals surface area (Å²) in [6, 6.07) is 6.14. The minimum atomic E-state index is 0.141. The van der Waals surface area contributed by atoms with Crippen LogP contribution in [-0.4, -0.2) is 0 Å². The highest BCUT2D eigenvalue weighted by Crippen LogP contribution is 2.34. The molecule has 14 heavy (non-hydrogen) atoms. The summed E-state index contributed by atoms with van der Waals surface area (Å²) in [7, 11) is 0. The quantitative estimate of drug-likeness (QED) is 0.770. The Balaban J connectivity index is 2.59. The molecule has 1 aromatic rings. The number of rotatable bonds is 0. The van der Waals surface area contributed by atoms with Gasteiger partial charge in [0.2, 0.25) is 0 Å². The molecule has 2 N–H and O–H groups in total. The minimum absolute atomic E-state index is 0.141. The fourth-order valence-corrected chi connectivity index (χ4v) is 2.63. The lowest BCUT2D eigenvalue weighted by Gasteiger charge is -2.23. The average molecular weight is 251 g/mol. The molecule has 0 fully saturated rings. The molecule has 0 saturated heterocycles. The second-order valence-electron chi connectivity index (χ2n) is 3.61. The van der Waals surface area contributed by atoms with E-state index >= 15 is 0 Å². The van der Waals surface area contributed by atoms with Crippen molar-refractivity contribution in [3.05, 3.63) is 33.3 Å². The molecule has 3 heteroatoms. The zero-order valence-electron chi connectivity index (χ0n) is 7.76. The Bertz CT molecular complexity index is 406. The van der Waals surface area contributed by atoms with Crippen LogP contribution >= 0.6 is 15.9 Å². The predicted molar refractivity (Wildman–Crippen MR) is 58.7 cm³/mol. The lowest BCUT2D eigenvalue weighted by Crippen LogP contribution is -2.17. The summed E-state index contributed by atoms with van der Waals surface area (Å²) in [4.78, 5) is 0. The standard InChI is InChI=1S/C11H11BrN2/c12-11-7(6-13)4-5-8-9(11)2-1-3-10(8)14/h4-5,10H,1-3,14H2/t10-/m0/s1. The third kappa shape index (κ3) is 1.45. The molecule has 72 valence electrons. The zero-order valence-corrected chi connectivity index (χ0v) is 9.34. The van der Waals surface area contributed by atoms with E-state index in [2.05, 4.69) is 22.0 Å². The van der Waals surface area contributed by atoms with Crippen LogP contribution in [0, 0.1) is 11.3 Å². The second-order valence-corrected chi connectivity index (χ2v) is 4.40. The Kier molecular flexibility index (Phi) is 2.58. The van der Waals surface area contributed by atoms with E-state index < -0.39 is 0 Å². The van der Waals surface area contributed by atoms with Gasteiger partial charge in [0, 0.05) is 10.5 Å². The van der Waals surface area contributed by atoms with E-state index in [1.807, 2.05) is 12.1 Å². The van der Waals surface area contributed by atoms with Crippen LogP contribution in [0.3, 0.4) is 0 Å². The van der Waals surface area contributed by atoms with E-state index in [4.69, 9.17) is 11.0 Å². The average Bonchev–Trinajstić information content (AvgIpc) is 2.20. The summed E-state index contributed by atoms with van der Waals surface area (Å²) in [5, 5.41) is 8.87. The van der Waals surface area contributed by atoms with Crippen molar-refractivity contribution in [3.63, 3.8) is 0 Å². The van der Waals surface area contributed by atoms with Crippen LogP contribution in [0.2, 0.25) is 0 Å². The van der Waals surface area contributed by atoms with Gasteiger partial charge in [-0.15, -0.1) is 0 Å². The van der Waals surface area contributed by atoms with Crippen LogP contribution in [0.4, 0.5) is 0 Å². The van der Waals surface area contributed by atoms with Crippen LogP contribution < -0.4 is 5.73 Å². The molecular formula is C11H11BrN2. The fraction of sp³-hybridized carbons (Fsp3) is 0.364. The third-order valence-corrected chi connectivity index (χ3v) is 3.65. The molecule has 0 unspecified atom stereocenters. The van der Waals surface area contributed by atoms with Gasteiger partial charge in [-0.3, -0.25) is 0 Å². The first kappa shape index (κ1) is 9.70. The molecule has 2 rings (SSSR count). The Morgan fingerprint density at radius 3 is 3.00 bits per heavy atom. The number of hydrogen-bond donors (Lipinski definition) is 1. The molecule has 0 amide bonds. The van der Waals surface area contributed by atoms with E-state index in [1.165, 1.54) is 11.1 Å². The number of nitrogens with two attached hydrogens (primary N) is 1. The molecule has 0 aliphatic heterocycles. The van der Waals surface area contributed by atoms with Gasteiger partial charge in [-0.1, -0.05) is 6.07 Å². The first-order valence-electron chi connectivity index (χ1n) is 4.71. The normalized spacial score (nSPS) is 19.9. The molecule has 0 heterocycles. The lowest BCUT2D eigenvalue weighted by atomic mass is 9.87. The van der Waals surface area contributed by atoms with Crippen molar-refractivity contribution in [1.29, 1.82) is 5.26 Å². The van der Waals surface area contributed by atoms with Gasteiger partial charge < -0.3 is 5.73 Å². The molecule has 0 bridgehead atoms. The molecule has 2 nitrogen and oxygen atoms in total. The summed E-state index contributed by atoms with van der Waals surface area (Å²) < 4.78 is 0.938. The molecule has 1 aliphatic rings. The number of fused-ring (bicyclic) bond motifs is 1. The maximum atomic E-state index is 8.87. The van der Waals surface area contributed by atoms with Gasteiger partial charge in [0.1, 0.15) is 6.07 Å². The highest BCUT2D eigenvalue weighted by atomic mass is 79.9. The highest BCUT2D eigenvalue weighted by Gasteiger charge is 2.20. The van der Waals surface area contributed by atoms with E-state index in [1.54, 1.807) is 0 Å². The van der Waals surface area contributed by atoms with Gasteiger partial charge in [-0.2, -0.15) is 5.26 Å². The number of halogens is 1. The van der Waals surface area contributed by atoms with E-state index in [0.717, 1.165) is 23.7 Å². The smallest absolute Gasteiger partial charge is 0.100 e. The van der Waals surface area contributed by atoms with Crippen LogP contribution in [-0.2, 0) is 6.42 Å². The van der Waals surface area contributed by atoms with Crippen molar-refractivity contribution < 1.29 is 0 Å². The zero-order chi connectivity index (χ0) is 10.1. The maximum Gasteiger partial charge on any atom is 0.100 e. The van der Waals surface area contributed by atoms with Gasteiger partial charge in [-0.05, 0) is 52.4 Å². The number of hydrogen-bond acceptors (Lipinski definition) is 2. The summed E-state index contributed by atoms with van der Waals surface area (Å²) in [6.45, 7) is 0. The summed E-state index contributed by atoms with van der Waals surface area (Å²) in [5.41, 5.74) is 9.13. The fourth-order valence-electron chi connectivity index (χ4n) is 1.98. The Hall–Kier alpha value is -0.850. The van der Waals surface area contributed by atoms with Gasteiger partial charge in [0.15, 0.2) is 0 Å². The van der Waals surface area contributed by atoms with Crippen molar-refractivity contribution in [3.8, 4) is 6.07 Å². The van der Waals surface area contributed by atoms with Crippen molar-refractivity contribution in [2.75, 3.05) is 0 Å². The minimum Gasteiger partial charge on any atom is -0.324 e. The molecular weight excluding hydrogens is 240 g/mol. The van der Waals surface area contributed by atoms with Gasteiger partial charge in [0.25, 0.3) is 0 Å². The molecule has 0 saturated carbocycles. The second kappa shape index (κ2) is 3.72. The van der Waals surface area contributed by atoms with Crippen molar-refractivity contribution in [1.82, 2.24) is 0 Å². The van der Waals surface area contributed by atoms with Gasteiger partial charge in [0.05, 0.1) is 5.56 Å². The van der Waals surface area contributed by atoms with Gasteiger partial charge >= 0.3 is 0 Å². The summed E-state index contributed by atoms with van der Waals surface area (Å²) in [5.74, 6) is 0. The SMILES string of the molecule is N#Cc1ccc2c(c1Br)CCC[C@@H]2N. The number of nitrogens with zero attached hydrogens (tertiary/aromatic N) is 1. The molecule has 1 aromatic carbocycles. The largest absolute Gasteiger partial charge is 0.324 e. The molecule has 1 aliphatic carbocycles. The van der Waals surface area contributed by atoms with Crippen molar-refractivity contribution in [2.24, 2.45) is 5.73 Å². The Morgan fingerprint density at radius 1 is 1.50 bits per heavy atom. The first-order chi connectivity index (χ1) is 6.74. The van der Waals surface area contributed by atoms with Crippen LogP contribution in [0.15, 0.2) is 16.6 Å². The van der Waals surface area contributed by atoms with Crippen molar-refractivity contribution in [2.45, 2.75) is 25.3 Å². The van der Waals surface area contributed by atoms with Gasteiger partial charge in [-0.25, -0.2) is 0 Å². The Morgan fingerprint density at radius 2 is 2.29 bits per heavy atom. The molecule has 1 atom stereocenters. The highest BCUT2D eigenvalue weighted by molar-refractivity contribution is 9.10. The van der Waals surface area contributed by atoms with Crippen LogP contribution in [0.25, 0.3) is 0 Å². The molecule has 0 spiro atoms. The molecule has 0 radical (unpaired) electrons. The van der Waals surface area contributed by atoms with Crippen LogP contribution in [0.5, 0.6) is 0 Å². The first-order valence-corrected chi connectivity index (χ1v) is 5.50. The number of nitriles is 1. The molecule has 0 aromatic heterocycles. The topological polar surface area (TPSA) is 49.8 Å². The monoisotopic (exact) mass is 250 g/mol. The van der Waals surface area contributed by atoms with E-state index in [0.29, 0.717) is 5.56 Å². The van der Waals surface area contributed by atoms with Crippen LogP contribution in [0.1, 0.15) is 35.6 Å².